The van der Waals surface area contributed by atoms with Crippen LogP contribution >= 0.6 is 0 Å². The molecule has 18 heavy (non-hydrogen) atoms. The fourth-order valence-electron chi connectivity index (χ4n) is 2.74. The third kappa shape index (κ3) is 1.95. The van der Waals surface area contributed by atoms with Crippen LogP contribution in [-0.4, -0.2) is 37.0 Å². The van der Waals surface area contributed by atoms with Gasteiger partial charge in [-0.05, 0) is 12.0 Å². The normalized spacial score (nSPS) is 20.8. The molecule has 1 fully saturated rings. The maximum absolute atomic E-state index is 12.6. The Morgan fingerprint density at radius 1 is 1.17 bits per heavy atom. The van der Waals surface area contributed by atoms with Crippen molar-refractivity contribution in [3.8, 4) is 0 Å². The molecule has 3 nitrogen and oxygen atoms in total. The Bertz CT molecular complexity index is 455. The van der Waals surface area contributed by atoms with Gasteiger partial charge in [-0.1, -0.05) is 42.5 Å². The second-order valence-electron chi connectivity index (χ2n) is 5.23. The summed E-state index contributed by atoms with van der Waals surface area (Å²) in [4.78, 5) is 14.5. The second kappa shape index (κ2) is 4.58. The fraction of sp³-hybridized carbons (Fsp3) is 0.400. The van der Waals surface area contributed by atoms with E-state index in [9.17, 15) is 4.79 Å². The summed E-state index contributed by atoms with van der Waals surface area (Å²) in [6.07, 6.45) is 4.98. The predicted octanol–water partition coefficient (Wildman–Crippen LogP) is 1.22. The summed E-state index contributed by atoms with van der Waals surface area (Å²) in [6, 6.07) is 10.3. The summed E-state index contributed by atoms with van der Waals surface area (Å²) in [5, 5.41) is 3.26. The van der Waals surface area contributed by atoms with Crippen LogP contribution in [0.25, 0.3) is 0 Å². The molecule has 1 amide bonds. The first-order chi connectivity index (χ1) is 8.80. The molecule has 0 unspecified atom stereocenters. The number of rotatable bonds is 3. The standard InChI is InChI=1S/C15H18N2O/c18-14(17-8-4-5-9-17)15(11-16-12-15)10-13-6-2-1-3-7-13/h1-7,16H,8-12H2. The molecule has 0 aromatic heterocycles. The monoisotopic (exact) mass is 242 g/mol. The molecule has 1 N–H and O–H groups in total. The average molecular weight is 242 g/mol. The van der Waals surface area contributed by atoms with Crippen LogP contribution in [0.15, 0.2) is 42.5 Å². The van der Waals surface area contributed by atoms with Gasteiger partial charge in [-0.3, -0.25) is 4.79 Å². The van der Waals surface area contributed by atoms with Crippen molar-refractivity contribution < 1.29 is 4.79 Å². The summed E-state index contributed by atoms with van der Waals surface area (Å²) in [6.45, 7) is 3.15. The van der Waals surface area contributed by atoms with Crippen LogP contribution in [0.5, 0.6) is 0 Å². The van der Waals surface area contributed by atoms with Crippen molar-refractivity contribution in [3.63, 3.8) is 0 Å². The molecule has 0 bridgehead atoms. The van der Waals surface area contributed by atoms with Crippen LogP contribution in [0.2, 0.25) is 0 Å². The van der Waals surface area contributed by atoms with E-state index in [0.29, 0.717) is 5.91 Å². The van der Waals surface area contributed by atoms with Crippen LogP contribution in [0.3, 0.4) is 0 Å². The lowest BCUT2D eigenvalue weighted by molar-refractivity contribution is -0.143. The number of nitrogens with one attached hydrogen (secondary N) is 1. The topological polar surface area (TPSA) is 32.3 Å². The highest BCUT2D eigenvalue weighted by Crippen LogP contribution is 2.30. The van der Waals surface area contributed by atoms with Crippen LogP contribution in [0, 0.1) is 5.41 Å². The molecule has 0 aliphatic carbocycles. The average Bonchev–Trinajstić information content (AvgIpc) is 2.88. The van der Waals surface area contributed by atoms with E-state index >= 15 is 0 Å². The zero-order valence-corrected chi connectivity index (χ0v) is 10.4. The number of carbonyl (C=O) groups excluding carboxylic acids is 1. The first kappa shape index (κ1) is 11.5. The van der Waals surface area contributed by atoms with E-state index < -0.39 is 0 Å². The summed E-state index contributed by atoms with van der Waals surface area (Å²) < 4.78 is 0. The summed E-state index contributed by atoms with van der Waals surface area (Å²) in [5.74, 6) is 0.301. The highest BCUT2D eigenvalue weighted by atomic mass is 16.2. The zero-order valence-electron chi connectivity index (χ0n) is 10.4. The van der Waals surface area contributed by atoms with Gasteiger partial charge in [0.05, 0.1) is 5.41 Å². The number of benzene rings is 1. The molecular weight excluding hydrogens is 224 g/mol. The van der Waals surface area contributed by atoms with Crippen molar-refractivity contribution >= 4 is 5.91 Å². The van der Waals surface area contributed by atoms with Gasteiger partial charge in [0.15, 0.2) is 0 Å². The lowest BCUT2D eigenvalue weighted by Crippen LogP contribution is -2.62. The second-order valence-corrected chi connectivity index (χ2v) is 5.23. The third-order valence-electron chi connectivity index (χ3n) is 3.87. The van der Waals surface area contributed by atoms with Crippen LogP contribution in [0.1, 0.15) is 5.56 Å². The van der Waals surface area contributed by atoms with E-state index in [2.05, 4.69) is 29.6 Å². The van der Waals surface area contributed by atoms with Gasteiger partial charge in [-0.2, -0.15) is 0 Å². The Labute approximate surface area is 107 Å². The molecule has 0 saturated carbocycles. The molecule has 0 radical (unpaired) electrons. The Balaban J connectivity index is 1.75. The van der Waals surface area contributed by atoms with E-state index in [-0.39, 0.29) is 5.41 Å². The largest absolute Gasteiger partial charge is 0.335 e. The van der Waals surface area contributed by atoms with Crippen LogP contribution in [-0.2, 0) is 11.2 Å². The number of carbonyl (C=O) groups is 1. The lowest BCUT2D eigenvalue weighted by atomic mass is 9.75. The zero-order chi connectivity index (χ0) is 12.4. The Hall–Kier alpha value is -1.61. The molecule has 94 valence electrons. The molecule has 1 aromatic rings. The van der Waals surface area contributed by atoms with Gasteiger partial charge in [0.2, 0.25) is 5.91 Å². The molecule has 2 aliphatic heterocycles. The van der Waals surface area contributed by atoms with Crippen LogP contribution in [0.4, 0.5) is 0 Å². The summed E-state index contributed by atoms with van der Waals surface area (Å²) >= 11 is 0. The highest BCUT2D eigenvalue weighted by molar-refractivity contribution is 5.85. The molecular formula is C15H18N2O. The van der Waals surface area contributed by atoms with E-state index in [4.69, 9.17) is 0 Å². The van der Waals surface area contributed by atoms with Gasteiger partial charge < -0.3 is 10.2 Å². The first-order valence-electron chi connectivity index (χ1n) is 6.49. The minimum absolute atomic E-state index is 0.215. The van der Waals surface area contributed by atoms with Crippen LogP contribution < -0.4 is 5.32 Å². The van der Waals surface area contributed by atoms with Crippen molar-refractivity contribution in [1.29, 1.82) is 0 Å². The number of amides is 1. The van der Waals surface area contributed by atoms with E-state index in [0.717, 1.165) is 32.6 Å². The number of hydrogen-bond donors (Lipinski definition) is 1. The minimum atomic E-state index is -0.215. The van der Waals surface area contributed by atoms with Gasteiger partial charge in [-0.25, -0.2) is 0 Å². The number of nitrogens with zero attached hydrogens (tertiary/aromatic N) is 1. The quantitative estimate of drug-likeness (QED) is 0.808. The smallest absolute Gasteiger partial charge is 0.232 e. The molecule has 2 heterocycles. The van der Waals surface area contributed by atoms with Gasteiger partial charge in [0.1, 0.15) is 0 Å². The van der Waals surface area contributed by atoms with Gasteiger partial charge >= 0.3 is 0 Å². The Morgan fingerprint density at radius 3 is 2.39 bits per heavy atom. The maximum atomic E-state index is 12.6. The van der Waals surface area contributed by atoms with E-state index in [1.807, 2.05) is 23.1 Å². The van der Waals surface area contributed by atoms with Crippen molar-refractivity contribution in [2.75, 3.05) is 26.2 Å². The molecule has 0 spiro atoms. The first-order valence-corrected chi connectivity index (χ1v) is 6.49. The molecule has 2 aliphatic rings. The lowest BCUT2D eigenvalue weighted by Gasteiger charge is -2.43. The van der Waals surface area contributed by atoms with Crippen molar-refractivity contribution in [1.82, 2.24) is 10.2 Å². The summed E-state index contributed by atoms with van der Waals surface area (Å²) in [7, 11) is 0. The van der Waals surface area contributed by atoms with E-state index in [1.165, 1.54) is 5.56 Å². The third-order valence-corrected chi connectivity index (χ3v) is 3.87. The highest BCUT2D eigenvalue weighted by Gasteiger charge is 2.46. The Morgan fingerprint density at radius 2 is 1.83 bits per heavy atom. The molecule has 3 rings (SSSR count). The molecule has 1 saturated heterocycles. The Kier molecular flexibility index (Phi) is 2.92. The van der Waals surface area contributed by atoms with E-state index in [1.54, 1.807) is 0 Å². The predicted molar refractivity (Wildman–Crippen MR) is 71.2 cm³/mol. The van der Waals surface area contributed by atoms with Gasteiger partial charge in [0, 0.05) is 26.2 Å². The molecule has 0 atom stereocenters. The van der Waals surface area contributed by atoms with Crippen molar-refractivity contribution in [2.24, 2.45) is 5.41 Å². The van der Waals surface area contributed by atoms with Gasteiger partial charge in [0.25, 0.3) is 0 Å². The maximum Gasteiger partial charge on any atom is 0.232 e. The van der Waals surface area contributed by atoms with Gasteiger partial charge in [-0.15, -0.1) is 0 Å². The minimum Gasteiger partial charge on any atom is -0.335 e. The SMILES string of the molecule is O=C(N1CC=CC1)C1(Cc2ccccc2)CNC1. The van der Waals surface area contributed by atoms with Crippen molar-refractivity contribution in [2.45, 2.75) is 6.42 Å². The summed E-state index contributed by atoms with van der Waals surface area (Å²) in [5.41, 5.74) is 1.03. The number of hydrogen-bond acceptors (Lipinski definition) is 2. The molecule has 3 heteroatoms. The molecule has 1 aromatic carbocycles. The van der Waals surface area contributed by atoms with Crippen molar-refractivity contribution in [3.05, 3.63) is 48.0 Å². The fourth-order valence-corrected chi connectivity index (χ4v) is 2.74.